The number of rotatable bonds is 7. The first-order chi connectivity index (χ1) is 13.4. The molecule has 0 aliphatic carbocycles. The van der Waals surface area contributed by atoms with Crippen LogP contribution >= 0.6 is 0 Å². The van der Waals surface area contributed by atoms with Crippen molar-refractivity contribution in [2.24, 2.45) is 0 Å². The van der Waals surface area contributed by atoms with E-state index in [-0.39, 0.29) is 24.8 Å². The van der Waals surface area contributed by atoms with Gasteiger partial charge in [0.05, 0.1) is 13.5 Å². The van der Waals surface area contributed by atoms with Crippen molar-refractivity contribution >= 4 is 17.5 Å². The molecule has 7 heteroatoms. The van der Waals surface area contributed by atoms with Gasteiger partial charge < -0.3 is 18.9 Å². The maximum Gasteiger partial charge on any atom is 0.310 e. The standard InChI is InChI=1S/C21H20O7/c1-12(22)13(2)28-20(23)9-15-8-18-19(27-11-26-18)10-17(15)21(24)14-4-6-16(25-3)7-5-14/h4-8,10,13H,9,11H2,1-3H3. The third-order valence-corrected chi connectivity index (χ3v) is 4.41. The summed E-state index contributed by atoms with van der Waals surface area (Å²) in [7, 11) is 1.54. The van der Waals surface area contributed by atoms with Gasteiger partial charge in [0.25, 0.3) is 0 Å². The first-order valence-corrected chi connectivity index (χ1v) is 8.70. The minimum Gasteiger partial charge on any atom is -0.497 e. The summed E-state index contributed by atoms with van der Waals surface area (Å²) in [6, 6.07) is 9.81. The molecule has 1 heterocycles. The van der Waals surface area contributed by atoms with Crippen molar-refractivity contribution in [3.05, 3.63) is 53.1 Å². The highest BCUT2D eigenvalue weighted by molar-refractivity contribution is 6.10. The topological polar surface area (TPSA) is 88.1 Å². The number of ether oxygens (including phenoxy) is 4. The quantitative estimate of drug-likeness (QED) is 0.536. The first kappa shape index (κ1) is 19.4. The van der Waals surface area contributed by atoms with Gasteiger partial charge in [-0.25, -0.2) is 0 Å². The summed E-state index contributed by atoms with van der Waals surface area (Å²) in [4.78, 5) is 36.6. The molecular weight excluding hydrogens is 364 g/mol. The molecule has 0 fully saturated rings. The second kappa shape index (κ2) is 8.12. The van der Waals surface area contributed by atoms with Crippen LogP contribution in [0.2, 0.25) is 0 Å². The molecule has 0 amide bonds. The molecule has 146 valence electrons. The van der Waals surface area contributed by atoms with Crippen LogP contribution in [0, 0.1) is 0 Å². The van der Waals surface area contributed by atoms with Crippen molar-refractivity contribution in [2.75, 3.05) is 13.9 Å². The largest absolute Gasteiger partial charge is 0.497 e. The van der Waals surface area contributed by atoms with Crippen LogP contribution in [0.25, 0.3) is 0 Å². The molecule has 0 N–H and O–H groups in total. The number of Topliss-reactive ketones (excluding diaryl/α,β-unsaturated/α-hetero) is 1. The Kier molecular flexibility index (Phi) is 5.63. The second-order valence-corrected chi connectivity index (χ2v) is 6.34. The van der Waals surface area contributed by atoms with Gasteiger partial charge in [-0.2, -0.15) is 0 Å². The third kappa shape index (κ3) is 4.14. The highest BCUT2D eigenvalue weighted by Crippen LogP contribution is 2.36. The van der Waals surface area contributed by atoms with Gasteiger partial charge in [0.15, 0.2) is 29.2 Å². The fraction of sp³-hybridized carbons (Fsp3) is 0.286. The number of carbonyl (C=O) groups is 3. The third-order valence-electron chi connectivity index (χ3n) is 4.41. The Labute approximate surface area is 162 Å². The van der Waals surface area contributed by atoms with E-state index >= 15 is 0 Å². The molecule has 2 aromatic rings. The van der Waals surface area contributed by atoms with Crippen LogP contribution in [0.1, 0.15) is 35.3 Å². The molecule has 28 heavy (non-hydrogen) atoms. The maximum absolute atomic E-state index is 13.0. The molecular formula is C21H20O7. The average Bonchev–Trinajstić information content (AvgIpc) is 3.14. The fourth-order valence-electron chi connectivity index (χ4n) is 2.72. The minimum atomic E-state index is -0.845. The number of carbonyl (C=O) groups excluding carboxylic acids is 3. The summed E-state index contributed by atoms with van der Waals surface area (Å²) in [6.45, 7) is 2.89. The van der Waals surface area contributed by atoms with Crippen LogP contribution < -0.4 is 14.2 Å². The van der Waals surface area contributed by atoms with Crippen LogP contribution in [0.3, 0.4) is 0 Å². The van der Waals surface area contributed by atoms with Gasteiger partial charge >= 0.3 is 5.97 Å². The Morgan fingerprint density at radius 1 is 1.07 bits per heavy atom. The van der Waals surface area contributed by atoms with Crippen LogP contribution in [0.5, 0.6) is 17.2 Å². The number of fused-ring (bicyclic) bond motifs is 1. The van der Waals surface area contributed by atoms with Crippen molar-refractivity contribution in [1.82, 2.24) is 0 Å². The molecule has 0 saturated heterocycles. The monoisotopic (exact) mass is 384 g/mol. The highest BCUT2D eigenvalue weighted by Gasteiger charge is 2.24. The Hall–Kier alpha value is -3.35. The molecule has 3 rings (SSSR count). The first-order valence-electron chi connectivity index (χ1n) is 8.70. The molecule has 7 nitrogen and oxygen atoms in total. The fourth-order valence-corrected chi connectivity index (χ4v) is 2.72. The normalized spacial score (nSPS) is 13.0. The number of esters is 1. The summed E-state index contributed by atoms with van der Waals surface area (Å²) >= 11 is 0. The van der Waals surface area contributed by atoms with Crippen molar-refractivity contribution in [2.45, 2.75) is 26.4 Å². The lowest BCUT2D eigenvalue weighted by Crippen LogP contribution is -2.23. The van der Waals surface area contributed by atoms with E-state index < -0.39 is 12.1 Å². The molecule has 1 unspecified atom stereocenters. The zero-order chi connectivity index (χ0) is 20.3. The molecule has 1 atom stereocenters. The summed E-state index contributed by atoms with van der Waals surface area (Å²) < 4.78 is 20.9. The minimum absolute atomic E-state index is 0.0424. The van der Waals surface area contributed by atoms with Crippen LogP contribution in [0.15, 0.2) is 36.4 Å². The van der Waals surface area contributed by atoms with Crippen LogP contribution in [-0.4, -0.2) is 37.5 Å². The molecule has 1 aliphatic rings. The smallest absolute Gasteiger partial charge is 0.310 e. The van der Waals surface area contributed by atoms with Crippen LogP contribution in [-0.2, 0) is 20.7 Å². The van der Waals surface area contributed by atoms with Gasteiger partial charge in [-0.15, -0.1) is 0 Å². The maximum atomic E-state index is 13.0. The van der Waals surface area contributed by atoms with Gasteiger partial charge in [0.1, 0.15) is 5.75 Å². The van der Waals surface area contributed by atoms with E-state index in [9.17, 15) is 14.4 Å². The SMILES string of the molecule is COc1ccc(C(=O)c2cc3c(cc2CC(=O)OC(C)C(C)=O)OCO3)cc1. The van der Waals surface area contributed by atoms with Crippen molar-refractivity contribution in [3.8, 4) is 17.2 Å². The Morgan fingerprint density at radius 2 is 1.71 bits per heavy atom. The molecule has 0 spiro atoms. The number of hydrogen-bond acceptors (Lipinski definition) is 7. The van der Waals surface area contributed by atoms with Crippen molar-refractivity contribution < 1.29 is 33.3 Å². The summed E-state index contributed by atoms with van der Waals surface area (Å²) in [6.07, 6.45) is -1.02. The van der Waals surface area contributed by atoms with Gasteiger partial charge in [0.2, 0.25) is 6.79 Å². The second-order valence-electron chi connectivity index (χ2n) is 6.34. The molecule has 1 aliphatic heterocycles. The van der Waals surface area contributed by atoms with Crippen LogP contribution in [0.4, 0.5) is 0 Å². The van der Waals surface area contributed by atoms with Gasteiger partial charge in [0, 0.05) is 11.1 Å². The van der Waals surface area contributed by atoms with E-state index in [0.29, 0.717) is 33.9 Å². The predicted molar refractivity (Wildman–Crippen MR) is 98.9 cm³/mol. The van der Waals surface area contributed by atoms with E-state index in [0.717, 1.165) is 0 Å². The Balaban J connectivity index is 1.91. The molecule has 0 saturated carbocycles. The summed E-state index contributed by atoms with van der Waals surface area (Å²) in [5.74, 6) is 0.381. The van der Waals surface area contributed by atoms with E-state index in [2.05, 4.69) is 0 Å². The molecule has 0 aromatic heterocycles. The average molecular weight is 384 g/mol. The zero-order valence-electron chi connectivity index (χ0n) is 15.8. The molecule has 0 radical (unpaired) electrons. The molecule has 2 aromatic carbocycles. The number of hydrogen-bond donors (Lipinski definition) is 0. The van der Waals surface area contributed by atoms with Gasteiger partial charge in [-0.3, -0.25) is 14.4 Å². The Morgan fingerprint density at radius 3 is 2.32 bits per heavy atom. The van der Waals surface area contributed by atoms with Gasteiger partial charge in [-0.05, 0) is 55.8 Å². The lowest BCUT2D eigenvalue weighted by molar-refractivity contribution is -0.152. The summed E-state index contributed by atoms with van der Waals surface area (Å²) in [5, 5.41) is 0. The Bertz CT molecular complexity index is 915. The van der Waals surface area contributed by atoms with E-state index in [4.69, 9.17) is 18.9 Å². The van der Waals surface area contributed by atoms with Crippen molar-refractivity contribution in [1.29, 1.82) is 0 Å². The predicted octanol–water partition coefficient (Wildman–Crippen LogP) is 2.72. The number of benzene rings is 2. The van der Waals surface area contributed by atoms with E-state index in [1.165, 1.54) is 13.8 Å². The lowest BCUT2D eigenvalue weighted by atomic mass is 9.95. The molecule has 0 bridgehead atoms. The van der Waals surface area contributed by atoms with Gasteiger partial charge in [-0.1, -0.05) is 0 Å². The van der Waals surface area contributed by atoms with E-state index in [1.807, 2.05) is 0 Å². The number of ketones is 2. The highest BCUT2D eigenvalue weighted by atomic mass is 16.7. The summed E-state index contributed by atoms with van der Waals surface area (Å²) in [5.41, 5.74) is 1.18. The number of methoxy groups -OCH3 is 1. The van der Waals surface area contributed by atoms with Crippen molar-refractivity contribution in [3.63, 3.8) is 0 Å². The lowest BCUT2D eigenvalue weighted by Gasteiger charge is -2.13. The van der Waals surface area contributed by atoms with E-state index in [1.54, 1.807) is 43.5 Å². The zero-order valence-corrected chi connectivity index (χ0v) is 15.8.